The van der Waals surface area contributed by atoms with Gasteiger partial charge >= 0.3 is 0 Å². The molecule has 2 aromatic carbocycles. The fraction of sp³-hybridized carbons (Fsp3) is 0.143. The maximum atomic E-state index is 13.7. The van der Waals surface area contributed by atoms with Crippen LogP contribution >= 0.6 is 0 Å². The molecule has 2 rings (SSSR count). The molecule has 0 bridgehead atoms. The van der Waals surface area contributed by atoms with E-state index < -0.39 is 17.7 Å². The number of ether oxygens (including phenoxy) is 1. The van der Waals surface area contributed by atoms with Gasteiger partial charge in [0.05, 0.1) is 7.11 Å². The van der Waals surface area contributed by atoms with E-state index in [0.717, 1.165) is 12.1 Å². The molecule has 0 aliphatic carbocycles. The first kappa shape index (κ1) is 13.1. The van der Waals surface area contributed by atoms with Crippen molar-refractivity contribution < 1.29 is 13.5 Å². The second-order valence-corrected chi connectivity index (χ2v) is 3.95. The maximum Gasteiger partial charge on any atom is 0.145 e. The molecule has 0 saturated heterocycles. The predicted octanol–water partition coefficient (Wildman–Crippen LogP) is 3.83. The lowest BCUT2D eigenvalue weighted by molar-refractivity contribution is 0.414. The number of hydrogen-bond acceptors (Lipinski definition) is 3. The van der Waals surface area contributed by atoms with E-state index in [2.05, 4.69) is 5.18 Å². The molecule has 19 heavy (non-hydrogen) atoms. The van der Waals surface area contributed by atoms with Crippen molar-refractivity contribution in [2.45, 2.75) is 6.04 Å². The monoisotopic (exact) mass is 263 g/mol. The smallest absolute Gasteiger partial charge is 0.145 e. The van der Waals surface area contributed by atoms with Crippen LogP contribution < -0.4 is 4.74 Å². The van der Waals surface area contributed by atoms with Crippen LogP contribution in [0, 0.1) is 16.5 Å². The van der Waals surface area contributed by atoms with Gasteiger partial charge in [-0.3, -0.25) is 0 Å². The highest BCUT2D eigenvalue weighted by molar-refractivity contribution is 5.37. The molecule has 0 N–H and O–H groups in total. The number of nitrogens with zero attached hydrogens (tertiary/aromatic N) is 1. The standard InChI is InChI=1S/C14H11F2NO2/c1-19-11-4-2-3-9(7-11)14(17-18)12-6-5-10(15)8-13(12)16/h2-8,14H,1H3. The zero-order chi connectivity index (χ0) is 13.8. The molecule has 0 aliphatic heterocycles. The molecule has 1 atom stereocenters. The summed E-state index contributed by atoms with van der Waals surface area (Å²) in [5.74, 6) is -0.961. The summed E-state index contributed by atoms with van der Waals surface area (Å²) in [6.45, 7) is 0. The minimum absolute atomic E-state index is 0.0321. The Labute approximate surface area is 108 Å². The van der Waals surface area contributed by atoms with Crippen LogP contribution in [0.25, 0.3) is 0 Å². The lowest BCUT2D eigenvalue weighted by Crippen LogP contribution is -2.01. The van der Waals surface area contributed by atoms with Crippen LogP contribution in [0.3, 0.4) is 0 Å². The summed E-state index contributed by atoms with van der Waals surface area (Å²) in [7, 11) is 1.49. The second kappa shape index (κ2) is 5.56. The second-order valence-electron chi connectivity index (χ2n) is 3.95. The fourth-order valence-corrected chi connectivity index (χ4v) is 1.83. The maximum absolute atomic E-state index is 13.7. The number of methoxy groups -OCH3 is 1. The van der Waals surface area contributed by atoms with Crippen molar-refractivity contribution in [3.8, 4) is 5.75 Å². The largest absolute Gasteiger partial charge is 0.497 e. The number of nitroso groups, excluding NO2 is 1. The van der Waals surface area contributed by atoms with Crippen molar-refractivity contribution in [2.75, 3.05) is 7.11 Å². The number of hydrogen-bond donors (Lipinski definition) is 0. The molecular weight excluding hydrogens is 252 g/mol. The van der Waals surface area contributed by atoms with Gasteiger partial charge in [0, 0.05) is 11.6 Å². The summed E-state index contributed by atoms with van der Waals surface area (Å²) in [4.78, 5) is 11.0. The molecule has 5 heteroatoms. The average Bonchev–Trinajstić information content (AvgIpc) is 2.42. The van der Waals surface area contributed by atoms with Crippen LogP contribution in [0.2, 0.25) is 0 Å². The molecule has 0 amide bonds. The van der Waals surface area contributed by atoms with Crippen LogP contribution in [-0.2, 0) is 0 Å². The Hall–Kier alpha value is -2.30. The van der Waals surface area contributed by atoms with E-state index in [-0.39, 0.29) is 5.56 Å². The highest BCUT2D eigenvalue weighted by Gasteiger charge is 2.19. The first-order valence-corrected chi connectivity index (χ1v) is 5.57. The van der Waals surface area contributed by atoms with Crippen LogP contribution in [0.4, 0.5) is 8.78 Å². The summed E-state index contributed by atoms with van der Waals surface area (Å²) < 4.78 is 31.6. The normalized spacial score (nSPS) is 11.9. The van der Waals surface area contributed by atoms with E-state index in [9.17, 15) is 13.7 Å². The Bertz CT molecular complexity index is 602. The van der Waals surface area contributed by atoms with E-state index in [0.29, 0.717) is 11.3 Å². The minimum atomic E-state index is -1.03. The van der Waals surface area contributed by atoms with Gasteiger partial charge in [-0.1, -0.05) is 23.4 Å². The van der Waals surface area contributed by atoms with Gasteiger partial charge in [-0.2, -0.15) is 0 Å². The molecule has 98 valence electrons. The first-order valence-electron chi connectivity index (χ1n) is 5.57. The van der Waals surface area contributed by atoms with E-state index in [1.165, 1.54) is 13.2 Å². The minimum Gasteiger partial charge on any atom is -0.497 e. The van der Waals surface area contributed by atoms with E-state index in [1.54, 1.807) is 24.3 Å². The third-order valence-corrected chi connectivity index (χ3v) is 2.77. The zero-order valence-corrected chi connectivity index (χ0v) is 10.1. The Morgan fingerprint density at radius 1 is 1.16 bits per heavy atom. The summed E-state index contributed by atoms with van der Waals surface area (Å²) in [6, 6.07) is 8.61. The fourth-order valence-electron chi connectivity index (χ4n) is 1.83. The van der Waals surface area contributed by atoms with Crippen LogP contribution in [0.1, 0.15) is 17.2 Å². The Morgan fingerprint density at radius 3 is 2.58 bits per heavy atom. The highest BCUT2D eigenvalue weighted by Crippen LogP contribution is 2.30. The average molecular weight is 263 g/mol. The molecule has 0 radical (unpaired) electrons. The van der Waals surface area contributed by atoms with Crippen LogP contribution in [0.5, 0.6) is 5.75 Å². The highest BCUT2D eigenvalue weighted by atomic mass is 19.1. The zero-order valence-electron chi connectivity index (χ0n) is 10.1. The van der Waals surface area contributed by atoms with Gasteiger partial charge < -0.3 is 4.74 Å². The topological polar surface area (TPSA) is 38.7 Å². The lowest BCUT2D eigenvalue weighted by Gasteiger charge is -2.12. The Kier molecular flexibility index (Phi) is 3.85. The first-order chi connectivity index (χ1) is 9.15. The molecule has 0 fully saturated rings. The summed E-state index contributed by atoms with van der Waals surface area (Å²) >= 11 is 0. The van der Waals surface area contributed by atoms with Crippen molar-refractivity contribution in [1.82, 2.24) is 0 Å². The van der Waals surface area contributed by atoms with Crippen molar-refractivity contribution in [3.05, 3.63) is 70.1 Å². The molecule has 0 heterocycles. The SMILES string of the molecule is COc1cccc(C(N=O)c2ccc(F)cc2F)c1. The van der Waals surface area contributed by atoms with Gasteiger partial charge in [-0.15, -0.1) is 4.91 Å². The summed E-state index contributed by atoms with van der Waals surface area (Å²) in [5.41, 5.74) is 0.518. The van der Waals surface area contributed by atoms with Crippen LogP contribution in [0.15, 0.2) is 47.6 Å². The third-order valence-electron chi connectivity index (χ3n) is 2.77. The molecule has 0 aliphatic rings. The summed E-state index contributed by atoms with van der Waals surface area (Å²) in [5, 5.41) is 2.93. The van der Waals surface area contributed by atoms with E-state index >= 15 is 0 Å². The number of benzene rings is 2. The van der Waals surface area contributed by atoms with Gasteiger partial charge in [-0.05, 0) is 23.8 Å². The number of halogens is 2. The van der Waals surface area contributed by atoms with E-state index in [1.807, 2.05) is 0 Å². The molecule has 2 aromatic rings. The molecule has 0 saturated carbocycles. The molecular formula is C14H11F2NO2. The van der Waals surface area contributed by atoms with Crippen molar-refractivity contribution in [3.63, 3.8) is 0 Å². The Morgan fingerprint density at radius 2 is 1.95 bits per heavy atom. The van der Waals surface area contributed by atoms with Gasteiger partial charge in [-0.25, -0.2) is 8.78 Å². The quantitative estimate of drug-likeness (QED) is 0.786. The predicted molar refractivity (Wildman–Crippen MR) is 67.0 cm³/mol. The lowest BCUT2D eigenvalue weighted by atomic mass is 9.99. The van der Waals surface area contributed by atoms with E-state index in [4.69, 9.17) is 4.74 Å². The molecule has 3 nitrogen and oxygen atoms in total. The van der Waals surface area contributed by atoms with Gasteiger partial charge in [0.15, 0.2) is 0 Å². The number of rotatable bonds is 4. The van der Waals surface area contributed by atoms with Crippen molar-refractivity contribution in [2.24, 2.45) is 5.18 Å². The Balaban J connectivity index is 2.46. The molecule has 0 spiro atoms. The van der Waals surface area contributed by atoms with Crippen molar-refractivity contribution in [1.29, 1.82) is 0 Å². The van der Waals surface area contributed by atoms with Crippen molar-refractivity contribution >= 4 is 0 Å². The van der Waals surface area contributed by atoms with Crippen LogP contribution in [-0.4, -0.2) is 7.11 Å². The molecule has 1 unspecified atom stereocenters. The summed E-state index contributed by atoms with van der Waals surface area (Å²) in [6.07, 6.45) is 0. The molecule has 0 aromatic heterocycles. The van der Waals surface area contributed by atoms with Gasteiger partial charge in [0.1, 0.15) is 23.4 Å². The third kappa shape index (κ3) is 2.76. The van der Waals surface area contributed by atoms with Gasteiger partial charge in [0.25, 0.3) is 0 Å². The van der Waals surface area contributed by atoms with Gasteiger partial charge in [0.2, 0.25) is 0 Å².